The summed E-state index contributed by atoms with van der Waals surface area (Å²) < 4.78 is 23.6. The van der Waals surface area contributed by atoms with E-state index in [4.69, 9.17) is 14.6 Å². The number of hydrogen-bond acceptors (Lipinski definition) is 4. The molecule has 0 radical (unpaired) electrons. The standard InChI is InChI=1S/C11H14FNO4/c1-2-5-16-6-7-17-10-9(12)8(11(14)15)3-4-13-10/h3-4H,2,5-7H2,1H3,(H,14,15). The van der Waals surface area contributed by atoms with E-state index < -0.39 is 17.3 Å². The number of carboxylic acids is 1. The monoisotopic (exact) mass is 243 g/mol. The molecule has 0 fully saturated rings. The first kappa shape index (κ1) is 13.4. The van der Waals surface area contributed by atoms with Crippen molar-refractivity contribution in [3.05, 3.63) is 23.6 Å². The zero-order chi connectivity index (χ0) is 12.7. The first-order valence-corrected chi connectivity index (χ1v) is 5.25. The topological polar surface area (TPSA) is 68.7 Å². The van der Waals surface area contributed by atoms with Gasteiger partial charge in [-0.15, -0.1) is 0 Å². The molecule has 94 valence electrons. The largest absolute Gasteiger partial charge is 0.478 e. The summed E-state index contributed by atoms with van der Waals surface area (Å²) >= 11 is 0. The Bertz CT molecular complexity index is 384. The Morgan fingerprint density at radius 2 is 2.24 bits per heavy atom. The van der Waals surface area contributed by atoms with Gasteiger partial charge in [-0.1, -0.05) is 6.92 Å². The Hall–Kier alpha value is -1.69. The Morgan fingerprint density at radius 3 is 2.88 bits per heavy atom. The van der Waals surface area contributed by atoms with Crippen molar-refractivity contribution in [1.29, 1.82) is 0 Å². The summed E-state index contributed by atoms with van der Waals surface area (Å²) in [6, 6.07) is 1.08. The molecule has 1 aromatic heterocycles. The lowest BCUT2D eigenvalue weighted by molar-refractivity contribution is 0.0688. The smallest absolute Gasteiger partial charge is 0.338 e. The van der Waals surface area contributed by atoms with E-state index in [1.807, 2.05) is 6.92 Å². The molecule has 17 heavy (non-hydrogen) atoms. The van der Waals surface area contributed by atoms with Gasteiger partial charge in [-0.3, -0.25) is 0 Å². The molecule has 0 aliphatic heterocycles. The van der Waals surface area contributed by atoms with Crippen molar-refractivity contribution in [3.63, 3.8) is 0 Å². The van der Waals surface area contributed by atoms with Crippen molar-refractivity contribution in [2.75, 3.05) is 19.8 Å². The Morgan fingerprint density at radius 1 is 1.47 bits per heavy atom. The van der Waals surface area contributed by atoms with Crippen molar-refractivity contribution in [3.8, 4) is 5.88 Å². The summed E-state index contributed by atoms with van der Waals surface area (Å²) in [7, 11) is 0. The van der Waals surface area contributed by atoms with Gasteiger partial charge in [0.2, 0.25) is 0 Å². The van der Waals surface area contributed by atoms with E-state index in [-0.39, 0.29) is 12.5 Å². The number of ether oxygens (including phenoxy) is 2. The van der Waals surface area contributed by atoms with Gasteiger partial charge >= 0.3 is 5.97 Å². The van der Waals surface area contributed by atoms with Gasteiger partial charge in [0.05, 0.1) is 6.61 Å². The highest BCUT2D eigenvalue weighted by Gasteiger charge is 2.15. The molecule has 1 rings (SSSR count). The maximum absolute atomic E-state index is 13.5. The fraction of sp³-hybridized carbons (Fsp3) is 0.455. The number of aromatic carboxylic acids is 1. The molecule has 0 aliphatic rings. The average molecular weight is 243 g/mol. The molecule has 1 N–H and O–H groups in total. The fourth-order valence-electron chi connectivity index (χ4n) is 1.13. The normalized spacial score (nSPS) is 10.2. The molecule has 0 amide bonds. The second-order valence-electron chi connectivity index (χ2n) is 3.24. The van der Waals surface area contributed by atoms with E-state index in [0.29, 0.717) is 13.2 Å². The van der Waals surface area contributed by atoms with Crippen LogP contribution in [0.2, 0.25) is 0 Å². The van der Waals surface area contributed by atoms with Crippen molar-refractivity contribution in [2.24, 2.45) is 0 Å². The molecule has 0 bridgehead atoms. The Balaban J connectivity index is 2.54. The number of carbonyl (C=O) groups is 1. The maximum atomic E-state index is 13.5. The minimum Gasteiger partial charge on any atom is -0.478 e. The van der Waals surface area contributed by atoms with Crippen LogP contribution in [0.15, 0.2) is 12.3 Å². The predicted molar refractivity (Wildman–Crippen MR) is 57.8 cm³/mol. The quantitative estimate of drug-likeness (QED) is 0.738. The van der Waals surface area contributed by atoms with E-state index in [2.05, 4.69) is 4.98 Å². The summed E-state index contributed by atoms with van der Waals surface area (Å²) in [5.74, 6) is -2.63. The average Bonchev–Trinajstić information content (AvgIpc) is 2.30. The summed E-state index contributed by atoms with van der Waals surface area (Å²) in [6.45, 7) is 3.02. The Kier molecular flexibility index (Phi) is 5.35. The molecule has 0 aromatic carbocycles. The lowest BCUT2D eigenvalue weighted by Gasteiger charge is -2.07. The molecule has 0 spiro atoms. The van der Waals surface area contributed by atoms with Gasteiger partial charge in [0, 0.05) is 12.8 Å². The van der Waals surface area contributed by atoms with Gasteiger partial charge in [-0.25, -0.2) is 14.2 Å². The highest BCUT2D eigenvalue weighted by atomic mass is 19.1. The fourth-order valence-corrected chi connectivity index (χ4v) is 1.13. The second kappa shape index (κ2) is 6.80. The molecule has 0 saturated heterocycles. The molecular weight excluding hydrogens is 229 g/mol. The molecular formula is C11H14FNO4. The van der Waals surface area contributed by atoms with Gasteiger partial charge in [0.25, 0.3) is 5.88 Å². The summed E-state index contributed by atoms with van der Waals surface area (Å²) in [5, 5.41) is 8.68. The van der Waals surface area contributed by atoms with Gasteiger partial charge in [-0.05, 0) is 12.5 Å². The summed E-state index contributed by atoms with van der Waals surface area (Å²) in [6.07, 6.45) is 2.08. The Labute approximate surface area is 98.2 Å². The van der Waals surface area contributed by atoms with Crippen LogP contribution in [0.4, 0.5) is 4.39 Å². The van der Waals surface area contributed by atoms with Gasteiger partial charge in [0.1, 0.15) is 12.2 Å². The number of nitrogens with zero attached hydrogens (tertiary/aromatic N) is 1. The van der Waals surface area contributed by atoms with Crippen molar-refractivity contribution < 1.29 is 23.8 Å². The molecule has 0 aliphatic carbocycles. The molecule has 1 heterocycles. The van der Waals surface area contributed by atoms with Crippen LogP contribution in [0.5, 0.6) is 5.88 Å². The number of aromatic nitrogens is 1. The minimum atomic E-state index is -1.35. The number of rotatable bonds is 7. The van der Waals surface area contributed by atoms with Crippen LogP contribution in [0.3, 0.4) is 0 Å². The molecule has 0 unspecified atom stereocenters. The minimum absolute atomic E-state index is 0.132. The van der Waals surface area contributed by atoms with Crippen molar-refractivity contribution in [2.45, 2.75) is 13.3 Å². The van der Waals surface area contributed by atoms with E-state index in [0.717, 1.165) is 12.5 Å². The van der Waals surface area contributed by atoms with E-state index in [1.165, 1.54) is 6.20 Å². The predicted octanol–water partition coefficient (Wildman–Crippen LogP) is 1.72. The third-order valence-electron chi connectivity index (χ3n) is 1.90. The van der Waals surface area contributed by atoms with Crippen LogP contribution < -0.4 is 4.74 Å². The van der Waals surface area contributed by atoms with Crippen molar-refractivity contribution >= 4 is 5.97 Å². The molecule has 0 saturated carbocycles. The summed E-state index contributed by atoms with van der Waals surface area (Å²) in [4.78, 5) is 14.3. The SMILES string of the molecule is CCCOCCOc1nccc(C(=O)O)c1F. The molecule has 6 heteroatoms. The molecule has 0 atom stereocenters. The van der Waals surface area contributed by atoms with Gasteiger partial charge in [-0.2, -0.15) is 0 Å². The zero-order valence-electron chi connectivity index (χ0n) is 9.48. The molecule has 5 nitrogen and oxygen atoms in total. The molecule has 1 aromatic rings. The van der Waals surface area contributed by atoms with Crippen LogP contribution >= 0.6 is 0 Å². The number of hydrogen-bond donors (Lipinski definition) is 1. The number of halogens is 1. The van der Waals surface area contributed by atoms with Gasteiger partial charge < -0.3 is 14.6 Å². The lowest BCUT2D eigenvalue weighted by atomic mass is 10.2. The lowest BCUT2D eigenvalue weighted by Crippen LogP contribution is -2.11. The van der Waals surface area contributed by atoms with Crippen LogP contribution in [0, 0.1) is 5.82 Å². The van der Waals surface area contributed by atoms with E-state index in [9.17, 15) is 9.18 Å². The van der Waals surface area contributed by atoms with Crippen LogP contribution in [0.25, 0.3) is 0 Å². The third-order valence-corrected chi connectivity index (χ3v) is 1.90. The van der Waals surface area contributed by atoms with Crippen LogP contribution in [-0.2, 0) is 4.74 Å². The summed E-state index contributed by atoms with van der Waals surface area (Å²) in [5.41, 5.74) is -0.454. The van der Waals surface area contributed by atoms with Crippen LogP contribution in [-0.4, -0.2) is 35.9 Å². The maximum Gasteiger partial charge on any atom is 0.338 e. The van der Waals surface area contributed by atoms with Crippen molar-refractivity contribution in [1.82, 2.24) is 4.98 Å². The number of carboxylic acid groups (broad SMARTS) is 1. The first-order chi connectivity index (χ1) is 8.16. The third kappa shape index (κ3) is 3.99. The highest BCUT2D eigenvalue weighted by Crippen LogP contribution is 2.16. The van der Waals surface area contributed by atoms with E-state index >= 15 is 0 Å². The highest BCUT2D eigenvalue weighted by molar-refractivity contribution is 5.88. The number of pyridine rings is 1. The van der Waals surface area contributed by atoms with Gasteiger partial charge in [0.15, 0.2) is 5.82 Å². The van der Waals surface area contributed by atoms with Crippen LogP contribution in [0.1, 0.15) is 23.7 Å². The second-order valence-corrected chi connectivity index (χ2v) is 3.24. The van der Waals surface area contributed by atoms with E-state index in [1.54, 1.807) is 0 Å². The zero-order valence-corrected chi connectivity index (χ0v) is 9.48. The first-order valence-electron chi connectivity index (χ1n) is 5.25.